The zero-order chi connectivity index (χ0) is 57.6. The number of hydrogen-bond acceptors (Lipinski definition) is 15. The van der Waals surface area contributed by atoms with Crippen LogP contribution in [0.5, 0.6) is 5.75 Å². The molecule has 432 valence electrons. The lowest BCUT2D eigenvalue weighted by atomic mass is 9.85. The number of nitrogens with two attached hydrogens (primary N) is 5. The lowest BCUT2D eigenvalue weighted by molar-refractivity contribution is -0.142. The summed E-state index contributed by atoms with van der Waals surface area (Å²) in [6.07, 6.45) is 2.78. The number of rotatable bonds is 19. The number of nitrogens with one attached hydrogen (secondary N) is 6. The number of aromatic hydroxyl groups is 1. The Kier molecular flexibility index (Phi) is 24.5. The van der Waals surface area contributed by atoms with Gasteiger partial charge in [0.1, 0.15) is 48.0 Å². The molecule has 0 bridgehead atoms. The summed E-state index contributed by atoms with van der Waals surface area (Å²) in [5.74, 6) is -8.11. The number of guanidine groups is 1. The molecule has 2 heterocycles. The van der Waals surface area contributed by atoms with Gasteiger partial charge in [0.25, 0.3) is 0 Å². The SMILES string of the molecule is CN1C(=O)CC2(CCCCC2)SSC[C@H](C(=O)N2CCC[C@H]2C(=O)N[C@@H](CCCN=C(N)N)C(=O)NCCN)NC(=O)[C@@H](CC(N)=O)NC(=O)[C@H](CCC(N)=O)NC(=O)[C@@H](Cc2ccccc2)NC(=O)[C@@H]1Cc1ccc(O)cc1. The molecule has 1 aliphatic carbocycles. The van der Waals surface area contributed by atoms with Crippen molar-refractivity contribution >= 4 is 86.6 Å². The molecule has 2 saturated heterocycles. The number of likely N-dealkylation sites (tertiary alicyclic amines) is 1. The van der Waals surface area contributed by atoms with Crippen LogP contribution in [-0.2, 0) is 60.8 Å². The predicted molar refractivity (Wildman–Crippen MR) is 298 cm³/mol. The molecule has 17 N–H and O–H groups in total. The first-order chi connectivity index (χ1) is 37.7. The molecule has 0 aromatic heterocycles. The lowest BCUT2D eigenvalue weighted by Gasteiger charge is -2.38. The number of carbonyl (C=O) groups excluding carboxylic acids is 10. The second kappa shape index (κ2) is 30.9. The zero-order valence-electron chi connectivity index (χ0n) is 44.5. The third-order valence-electron chi connectivity index (χ3n) is 14.0. The molecular formula is C52H76N14O11S2. The van der Waals surface area contributed by atoms with Gasteiger partial charge in [-0.2, -0.15) is 0 Å². The largest absolute Gasteiger partial charge is 0.508 e. The quantitative estimate of drug-likeness (QED) is 0.0319. The van der Waals surface area contributed by atoms with E-state index < -0.39 is 125 Å². The Bertz CT molecular complexity index is 2500. The number of hydrogen-bond donors (Lipinski definition) is 12. The van der Waals surface area contributed by atoms with Crippen molar-refractivity contribution in [2.24, 2.45) is 33.7 Å². The fourth-order valence-electron chi connectivity index (χ4n) is 9.69. The van der Waals surface area contributed by atoms with Gasteiger partial charge in [0, 0.05) is 69.4 Å². The predicted octanol–water partition coefficient (Wildman–Crippen LogP) is -1.82. The van der Waals surface area contributed by atoms with E-state index in [1.165, 1.54) is 50.6 Å². The minimum absolute atomic E-state index is 0.0193. The molecule has 1 saturated carbocycles. The smallest absolute Gasteiger partial charge is 0.246 e. The topological polar surface area (TPSA) is 412 Å². The van der Waals surface area contributed by atoms with Crippen LogP contribution in [0.3, 0.4) is 0 Å². The van der Waals surface area contributed by atoms with Crippen LogP contribution in [0.2, 0.25) is 0 Å². The third-order valence-corrected chi connectivity index (χ3v) is 17.3. The molecule has 0 radical (unpaired) electrons. The van der Waals surface area contributed by atoms with Gasteiger partial charge >= 0.3 is 0 Å². The zero-order valence-corrected chi connectivity index (χ0v) is 46.1. The summed E-state index contributed by atoms with van der Waals surface area (Å²) in [5.41, 5.74) is 28.9. The Labute approximate surface area is 467 Å². The summed E-state index contributed by atoms with van der Waals surface area (Å²) in [7, 11) is 4.06. The summed E-state index contributed by atoms with van der Waals surface area (Å²) < 4.78 is -0.735. The van der Waals surface area contributed by atoms with Crippen LogP contribution in [0, 0.1) is 0 Å². The van der Waals surface area contributed by atoms with Gasteiger partial charge in [-0.1, -0.05) is 83.3 Å². The van der Waals surface area contributed by atoms with Gasteiger partial charge < -0.3 is 75.5 Å². The number of amides is 10. The minimum Gasteiger partial charge on any atom is -0.508 e. The van der Waals surface area contributed by atoms with Crippen LogP contribution >= 0.6 is 21.6 Å². The molecular weight excluding hydrogens is 1060 g/mol. The van der Waals surface area contributed by atoms with Gasteiger partial charge in [-0.15, -0.1) is 0 Å². The number of phenolic OH excluding ortho intramolecular Hbond substituents is 1. The van der Waals surface area contributed by atoms with Crippen LogP contribution in [0.4, 0.5) is 0 Å². The standard InChI is InChI=1S/C52H76N14O11S2/c1-65-40(27-32-14-16-33(67)17-15-32)49(76)63-36(26-31-10-4-2-5-11-31)46(73)60-35(18-19-41(54)68)45(72)62-37(28-42(55)69)47(74)64-38(30-78-79-52(29-43(65)70)20-6-3-7-21-52)50(77)66-25-9-13-39(66)48(75)61-34(44(71)58-24-22-53)12-8-23-59-51(56)57/h2,4-5,10-11,14-17,34-40,67H,3,6-9,12-13,18-30,53H2,1H3,(H2,54,68)(H2,55,69)(H,58,71)(H,60,73)(H,61,75)(H,62,72)(H,63,76)(H,64,74)(H4,56,57,59)/t34-,35-,36+,37+,38+,39-,40-/m0/s1. The highest BCUT2D eigenvalue weighted by Gasteiger charge is 2.43. The molecule has 3 fully saturated rings. The first-order valence-corrected chi connectivity index (χ1v) is 28.8. The van der Waals surface area contributed by atoms with Crippen LogP contribution in [0.25, 0.3) is 0 Å². The number of aliphatic imine (C=N–C) groups is 1. The first-order valence-electron chi connectivity index (χ1n) is 26.5. The van der Waals surface area contributed by atoms with E-state index in [1.54, 1.807) is 42.5 Å². The molecule has 2 aromatic carbocycles. The van der Waals surface area contributed by atoms with Crippen LogP contribution < -0.4 is 60.6 Å². The number of primary amides is 2. The summed E-state index contributed by atoms with van der Waals surface area (Å²) in [6, 6.07) is 5.25. The van der Waals surface area contributed by atoms with Crippen molar-refractivity contribution in [1.82, 2.24) is 41.7 Å². The average Bonchev–Trinajstić information content (AvgIpc) is 3.91. The van der Waals surface area contributed by atoms with Crippen LogP contribution in [0.1, 0.15) is 94.6 Å². The number of likely N-dealkylation sites (N-methyl/N-ethyl adjacent to an activating group) is 1. The molecule has 27 heteroatoms. The summed E-state index contributed by atoms with van der Waals surface area (Å²) in [6.45, 7) is 0.512. The Hall–Kier alpha value is -7.13. The van der Waals surface area contributed by atoms with E-state index in [0.29, 0.717) is 36.8 Å². The van der Waals surface area contributed by atoms with Crippen LogP contribution in [0.15, 0.2) is 59.6 Å². The van der Waals surface area contributed by atoms with Crippen molar-refractivity contribution in [2.75, 3.05) is 39.0 Å². The van der Waals surface area contributed by atoms with Gasteiger partial charge in [-0.3, -0.25) is 52.9 Å². The Balaban J connectivity index is 1.55. The molecule has 2 aromatic rings. The van der Waals surface area contributed by atoms with Gasteiger partial charge in [0.05, 0.1) is 6.42 Å². The lowest BCUT2D eigenvalue weighted by Crippen LogP contribution is -2.61. The van der Waals surface area contributed by atoms with Crippen molar-refractivity contribution in [3.63, 3.8) is 0 Å². The van der Waals surface area contributed by atoms with Crippen LogP contribution in [-0.4, -0.2) is 166 Å². The molecule has 7 atom stereocenters. The Morgan fingerprint density at radius 2 is 1.44 bits per heavy atom. The van der Waals surface area contributed by atoms with Crippen molar-refractivity contribution < 1.29 is 53.1 Å². The minimum atomic E-state index is -1.75. The molecule has 25 nitrogen and oxygen atoms in total. The second-order valence-corrected chi connectivity index (χ2v) is 22.9. The van der Waals surface area contributed by atoms with Crippen molar-refractivity contribution in [3.8, 4) is 5.75 Å². The van der Waals surface area contributed by atoms with E-state index in [2.05, 4.69) is 36.9 Å². The van der Waals surface area contributed by atoms with Crippen molar-refractivity contribution in [2.45, 2.75) is 143 Å². The normalized spacial score (nSPS) is 23.0. The number of nitrogens with zero attached hydrogens (tertiary/aromatic N) is 3. The number of phenols is 1. The molecule has 79 heavy (non-hydrogen) atoms. The molecule has 5 rings (SSSR count). The van der Waals surface area contributed by atoms with Crippen molar-refractivity contribution in [3.05, 3.63) is 65.7 Å². The summed E-state index contributed by atoms with van der Waals surface area (Å²) in [5, 5.41) is 26.1. The molecule has 3 aliphatic rings. The average molecular weight is 1140 g/mol. The van der Waals surface area contributed by atoms with Gasteiger partial charge in [0.15, 0.2) is 5.96 Å². The highest BCUT2D eigenvalue weighted by molar-refractivity contribution is 8.77. The highest BCUT2D eigenvalue weighted by atomic mass is 33.1. The number of benzene rings is 2. The maximum absolute atomic E-state index is 15.0. The monoisotopic (exact) mass is 1140 g/mol. The van der Waals surface area contributed by atoms with E-state index in [-0.39, 0.29) is 75.7 Å². The van der Waals surface area contributed by atoms with Gasteiger partial charge in [-0.25, -0.2) is 0 Å². The first kappa shape index (κ1) is 62.7. The van der Waals surface area contributed by atoms with E-state index in [0.717, 1.165) is 19.3 Å². The second-order valence-electron chi connectivity index (χ2n) is 20.1. The Morgan fingerprint density at radius 1 is 0.797 bits per heavy atom. The molecule has 0 unspecified atom stereocenters. The molecule has 1 spiro atoms. The van der Waals surface area contributed by atoms with E-state index >= 15 is 0 Å². The molecule has 2 aliphatic heterocycles. The van der Waals surface area contributed by atoms with Gasteiger partial charge in [0.2, 0.25) is 59.1 Å². The maximum atomic E-state index is 15.0. The molecule has 10 amide bonds. The van der Waals surface area contributed by atoms with E-state index in [9.17, 15) is 53.1 Å². The third kappa shape index (κ3) is 19.6. The summed E-state index contributed by atoms with van der Waals surface area (Å²) in [4.78, 5) is 147. The fraction of sp³-hybridized carbons (Fsp3) is 0.558. The Morgan fingerprint density at radius 3 is 2.10 bits per heavy atom. The van der Waals surface area contributed by atoms with Gasteiger partial charge in [-0.05, 0) is 68.2 Å². The highest BCUT2D eigenvalue weighted by Crippen LogP contribution is 2.49. The van der Waals surface area contributed by atoms with E-state index in [4.69, 9.17) is 28.7 Å². The maximum Gasteiger partial charge on any atom is 0.246 e. The van der Waals surface area contributed by atoms with Crippen molar-refractivity contribution in [1.29, 1.82) is 0 Å². The van der Waals surface area contributed by atoms with E-state index in [1.807, 2.05) is 0 Å². The summed E-state index contributed by atoms with van der Waals surface area (Å²) >= 11 is 0. The number of carbonyl (C=O) groups is 10. The fourth-order valence-corrected chi connectivity index (χ4v) is 13.1.